The van der Waals surface area contributed by atoms with Crippen LogP contribution in [-0.2, 0) is 47.4 Å². The van der Waals surface area contributed by atoms with Gasteiger partial charge >= 0.3 is 0 Å². The molecule has 5 aliphatic rings. The van der Waals surface area contributed by atoms with Crippen LogP contribution in [-0.4, -0.2) is 291 Å². The van der Waals surface area contributed by atoms with Gasteiger partial charge in [-0.2, -0.15) is 0 Å². The first-order valence-electron chi connectivity index (χ1n) is 22.1. The van der Waals surface area contributed by atoms with Crippen LogP contribution in [0.4, 0.5) is 0 Å². The van der Waals surface area contributed by atoms with E-state index in [4.69, 9.17) is 47.4 Å². The zero-order chi connectivity index (χ0) is 47.7. The average Bonchev–Trinajstić information content (AvgIpc) is 3.30. The molecule has 0 aromatic rings. The Morgan fingerprint density at radius 3 is 1.06 bits per heavy atom. The smallest absolute Gasteiger partial charge is 0.187 e. The standard InChI is InChI=1S/C40H72O25/c1-3-16-20(4-41)60-26(34(51)29(16)46)13-57-9-18-22(6-43)62-27(35(52)31(18)48)14-58-11-19-23(7-44)64-40(38(55)32(19)49)65-39-36(53)24(8-45)63-28(37(39)54)15-59-10-17-21(5-42)61-25(12-56-2)33(50)30(17)47/h16-55H,3-15H2,1-2H3/t16-,17-,18-,19-,20?,21?,22?,23?,24?,25+,26+,27+,28+,29-,30-,31?,32-,33?,34?,35?,36-,37?,38?,39?,40+/m1/s1. The molecule has 0 amide bonds. The number of rotatable bonds is 22. The van der Waals surface area contributed by atoms with Gasteiger partial charge in [-0.3, -0.25) is 0 Å². The second kappa shape index (κ2) is 25.7. The van der Waals surface area contributed by atoms with E-state index in [0.29, 0.717) is 6.42 Å². The lowest BCUT2D eigenvalue weighted by atomic mass is 9.85. The van der Waals surface area contributed by atoms with Gasteiger partial charge in [0.1, 0.15) is 73.2 Å². The molecular weight excluding hydrogens is 880 g/mol. The van der Waals surface area contributed by atoms with E-state index in [2.05, 4.69) is 0 Å². The molecule has 5 fully saturated rings. The van der Waals surface area contributed by atoms with Crippen molar-refractivity contribution in [1.29, 1.82) is 0 Å². The highest BCUT2D eigenvalue weighted by Gasteiger charge is 2.52. The van der Waals surface area contributed by atoms with Crippen LogP contribution in [0.5, 0.6) is 0 Å². The van der Waals surface area contributed by atoms with Gasteiger partial charge in [0.05, 0.1) is 128 Å². The second-order valence-electron chi connectivity index (χ2n) is 17.4. The topological polar surface area (TPSA) is 396 Å². The molecule has 25 heteroatoms. The lowest BCUT2D eigenvalue weighted by Crippen LogP contribution is -2.64. The minimum atomic E-state index is -1.86. The molecule has 0 aliphatic carbocycles. The van der Waals surface area contributed by atoms with E-state index in [1.165, 1.54) is 7.11 Å². The number of hydrogen-bond donors (Lipinski definition) is 15. The summed E-state index contributed by atoms with van der Waals surface area (Å²) >= 11 is 0. The zero-order valence-corrected chi connectivity index (χ0v) is 36.4. The lowest BCUT2D eigenvalue weighted by Gasteiger charge is -2.47. The largest absolute Gasteiger partial charge is 0.394 e. The lowest BCUT2D eigenvalue weighted by molar-refractivity contribution is -0.340. The van der Waals surface area contributed by atoms with Crippen LogP contribution in [0.2, 0.25) is 0 Å². The third-order valence-corrected chi connectivity index (χ3v) is 13.4. The van der Waals surface area contributed by atoms with Crippen LogP contribution < -0.4 is 0 Å². The van der Waals surface area contributed by atoms with Crippen LogP contribution in [0, 0.1) is 23.7 Å². The first-order chi connectivity index (χ1) is 31.1. The maximum atomic E-state index is 11.3. The van der Waals surface area contributed by atoms with E-state index in [0.717, 1.165) is 0 Å². The van der Waals surface area contributed by atoms with Crippen molar-refractivity contribution in [2.24, 2.45) is 23.7 Å². The van der Waals surface area contributed by atoms with Gasteiger partial charge in [-0.05, 0) is 6.42 Å². The minimum absolute atomic E-state index is 0.0480. The molecule has 15 N–H and O–H groups in total. The van der Waals surface area contributed by atoms with Gasteiger partial charge in [0.15, 0.2) is 6.29 Å². The summed E-state index contributed by atoms with van der Waals surface area (Å²) in [5, 5.41) is 159. The van der Waals surface area contributed by atoms with E-state index in [1.54, 1.807) is 6.92 Å². The maximum Gasteiger partial charge on any atom is 0.187 e. The number of aliphatic hydroxyl groups excluding tert-OH is 15. The summed E-state index contributed by atoms with van der Waals surface area (Å²) in [5.74, 6) is -3.51. The summed E-state index contributed by atoms with van der Waals surface area (Å²) in [6.07, 6.45) is -28.1. The Morgan fingerprint density at radius 2 is 0.662 bits per heavy atom. The van der Waals surface area contributed by atoms with Crippen molar-refractivity contribution >= 4 is 0 Å². The Balaban J connectivity index is 1.12. The Labute approximate surface area is 375 Å². The van der Waals surface area contributed by atoms with E-state index in [1.807, 2.05) is 0 Å². The van der Waals surface area contributed by atoms with Gasteiger partial charge in [-0.15, -0.1) is 0 Å². The molecule has 25 nitrogen and oxygen atoms in total. The van der Waals surface area contributed by atoms with Crippen molar-refractivity contribution < 1.29 is 124 Å². The molecular formula is C40H72O25. The van der Waals surface area contributed by atoms with Crippen molar-refractivity contribution in [2.75, 3.05) is 86.4 Å². The summed E-state index contributed by atoms with van der Waals surface area (Å²) < 4.78 is 56.6. The van der Waals surface area contributed by atoms with Gasteiger partial charge in [0, 0.05) is 30.8 Å². The number of hydrogen-bond acceptors (Lipinski definition) is 25. The molecule has 0 saturated carbocycles. The molecule has 0 aromatic carbocycles. The molecule has 65 heavy (non-hydrogen) atoms. The van der Waals surface area contributed by atoms with Crippen molar-refractivity contribution in [3.63, 3.8) is 0 Å². The average molecular weight is 953 g/mol. The van der Waals surface area contributed by atoms with Crippen LogP contribution in [0.3, 0.4) is 0 Å². The van der Waals surface area contributed by atoms with Crippen LogP contribution in [0.1, 0.15) is 13.3 Å². The predicted octanol–water partition coefficient (Wildman–Crippen LogP) is -8.69. The molecule has 5 saturated heterocycles. The quantitative estimate of drug-likeness (QED) is 0.0479. The van der Waals surface area contributed by atoms with Gasteiger partial charge in [0.2, 0.25) is 0 Å². The van der Waals surface area contributed by atoms with E-state index < -0.39 is 198 Å². The number of ether oxygens (including phenoxy) is 10. The first kappa shape index (κ1) is 54.9. The van der Waals surface area contributed by atoms with Crippen molar-refractivity contribution in [2.45, 2.75) is 142 Å². The van der Waals surface area contributed by atoms with Crippen molar-refractivity contribution in [1.82, 2.24) is 0 Å². The minimum Gasteiger partial charge on any atom is -0.394 e. The van der Waals surface area contributed by atoms with Gasteiger partial charge in [-0.1, -0.05) is 6.92 Å². The SMILES string of the molecule is CC[C@@H]1C(CO)O[C@@H](COC[C@@H]2C(CO)O[C@@H](COC[C@@H]3C(CO)O[C@@H](OC4C(O)[C@H](COC[C@@H]5C(CO)O[C@@H](COC)C(O)[C@@H]5O)OC(CO)[C@H]4O)C(O)[C@@H]3O)C(O)C2O)C(O)[C@@H]1O. The molecule has 12 unspecified atom stereocenters. The highest BCUT2D eigenvalue weighted by atomic mass is 16.7. The summed E-state index contributed by atoms with van der Waals surface area (Å²) in [6.45, 7) is -3.31. The molecule has 0 spiro atoms. The molecule has 0 aromatic heterocycles. The van der Waals surface area contributed by atoms with Crippen LogP contribution in [0.15, 0.2) is 0 Å². The Bertz CT molecular complexity index is 1350. The molecule has 382 valence electrons. The third kappa shape index (κ3) is 12.7. The molecule has 5 aliphatic heterocycles. The van der Waals surface area contributed by atoms with Crippen molar-refractivity contribution in [3.8, 4) is 0 Å². The Kier molecular flexibility index (Phi) is 21.8. The van der Waals surface area contributed by atoms with E-state index >= 15 is 0 Å². The fourth-order valence-corrected chi connectivity index (χ4v) is 9.39. The van der Waals surface area contributed by atoms with Gasteiger partial charge in [0.25, 0.3) is 0 Å². The predicted molar refractivity (Wildman–Crippen MR) is 212 cm³/mol. The molecule has 5 heterocycles. The summed E-state index contributed by atoms with van der Waals surface area (Å²) in [5.41, 5.74) is 0. The summed E-state index contributed by atoms with van der Waals surface area (Å²) in [6, 6.07) is 0. The maximum absolute atomic E-state index is 11.3. The molecule has 5 rings (SSSR count). The van der Waals surface area contributed by atoms with Crippen LogP contribution >= 0.6 is 0 Å². The van der Waals surface area contributed by atoms with Gasteiger partial charge in [-0.25, -0.2) is 0 Å². The van der Waals surface area contributed by atoms with Crippen molar-refractivity contribution in [3.05, 3.63) is 0 Å². The van der Waals surface area contributed by atoms with E-state index in [9.17, 15) is 76.6 Å². The summed E-state index contributed by atoms with van der Waals surface area (Å²) in [4.78, 5) is 0. The fraction of sp³-hybridized carbons (Fsp3) is 1.00. The molecule has 25 atom stereocenters. The molecule has 0 radical (unpaired) electrons. The Morgan fingerprint density at radius 1 is 0.338 bits per heavy atom. The van der Waals surface area contributed by atoms with Gasteiger partial charge < -0.3 is 124 Å². The highest BCUT2D eigenvalue weighted by molar-refractivity contribution is 4.98. The fourth-order valence-electron chi connectivity index (χ4n) is 9.39. The molecule has 0 bridgehead atoms. The highest BCUT2D eigenvalue weighted by Crippen LogP contribution is 2.34. The Hall–Kier alpha value is -1.00. The second-order valence-corrected chi connectivity index (χ2v) is 17.4. The van der Waals surface area contributed by atoms with Crippen LogP contribution in [0.25, 0.3) is 0 Å². The zero-order valence-electron chi connectivity index (χ0n) is 36.4. The number of aliphatic hydroxyl groups is 15. The normalized spacial score (nSPS) is 47.5. The number of methoxy groups -OCH3 is 1. The summed E-state index contributed by atoms with van der Waals surface area (Å²) in [7, 11) is 1.38. The monoisotopic (exact) mass is 952 g/mol. The third-order valence-electron chi connectivity index (χ3n) is 13.4. The van der Waals surface area contributed by atoms with E-state index in [-0.39, 0.29) is 33.0 Å². The first-order valence-corrected chi connectivity index (χ1v) is 22.1.